The lowest BCUT2D eigenvalue weighted by molar-refractivity contribution is 0.625. The van der Waals surface area contributed by atoms with Crippen molar-refractivity contribution in [1.82, 2.24) is 28.7 Å². The predicted octanol–water partition coefficient (Wildman–Crippen LogP) is 2.12. The van der Waals surface area contributed by atoms with E-state index in [-0.39, 0.29) is 0 Å². The molecule has 3 unspecified atom stereocenters. The van der Waals surface area contributed by atoms with Gasteiger partial charge in [-0.3, -0.25) is 14.0 Å². The molecule has 0 N–H and O–H groups in total. The summed E-state index contributed by atoms with van der Waals surface area (Å²) in [6.45, 7) is 0. The minimum Gasteiger partial charge on any atom is -0.361 e. The first-order valence-corrected chi connectivity index (χ1v) is 19.6. The molecule has 9 nitrogen and oxygen atoms in total. The molecule has 0 radical (unpaired) electrons. The zero-order valence-corrected chi connectivity index (χ0v) is 28.2. The van der Waals surface area contributed by atoms with Crippen molar-refractivity contribution in [2.45, 2.75) is 0 Å². The summed E-state index contributed by atoms with van der Waals surface area (Å²) in [6, 6.07) is 0. The molecule has 0 aromatic heterocycles. The largest absolute Gasteiger partial charge is 0.361 e. The third-order valence-corrected chi connectivity index (χ3v) is 22.2. The van der Waals surface area contributed by atoms with E-state index in [1.54, 1.807) is 0 Å². The average Bonchev–Trinajstić information content (AvgIpc) is 3.36. The fourth-order valence-electron chi connectivity index (χ4n) is 4.91. The van der Waals surface area contributed by atoms with Crippen molar-refractivity contribution in [1.29, 1.82) is 0 Å². The molecule has 3 atom stereocenters. The third kappa shape index (κ3) is 3.42. The molecule has 15 heteroatoms. The lowest BCUT2D eigenvalue weighted by Gasteiger charge is -2.34. The molecule has 0 spiro atoms. The van der Waals surface area contributed by atoms with Gasteiger partial charge in [0.2, 0.25) is 0 Å². The van der Waals surface area contributed by atoms with Crippen LogP contribution in [0.3, 0.4) is 0 Å². The quantitative estimate of drug-likeness (QED) is 0.484. The smallest absolute Gasteiger partial charge is 0.156 e. The summed E-state index contributed by atoms with van der Waals surface area (Å²) in [5, 5.41) is 3.04. The SMILES string of the molecule is CN(C)C1=Nc2c3c(c4c(c2P1(=S)N(C)C)N=C(N(C)C)P4(=S)N(C)C)N=C(N(C)C)P3(=S)N(C)C. The van der Waals surface area contributed by atoms with E-state index in [1.165, 1.54) is 0 Å². The van der Waals surface area contributed by atoms with Crippen LogP contribution in [0.25, 0.3) is 0 Å². The van der Waals surface area contributed by atoms with Gasteiger partial charge in [-0.2, -0.15) is 0 Å². The van der Waals surface area contributed by atoms with Crippen LogP contribution in [-0.2, 0) is 35.4 Å². The van der Waals surface area contributed by atoms with E-state index >= 15 is 0 Å². The number of benzene rings is 1. The Hall–Kier alpha value is -0.540. The van der Waals surface area contributed by atoms with Crippen molar-refractivity contribution < 1.29 is 0 Å². The van der Waals surface area contributed by atoms with Gasteiger partial charge < -0.3 is 14.7 Å². The van der Waals surface area contributed by atoms with Crippen molar-refractivity contribution in [3.8, 4) is 0 Å². The number of fused-ring (bicyclic) bond motifs is 6. The maximum Gasteiger partial charge on any atom is 0.156 e. The first-order valence-electron chi connectivity index (χ1n) is 11.4. The van der Waals surface area contributed by atoms with E-state index in [0.717, 1.165) is 49.7 Å². The molecule has 198 valence electrons. The summed E-state index contributed by atoms with van der Waals surface area (Å²) in [5.74, 6) is 0. The van der Waals surface area contributed by atoms with Gasteiger partial charge in [-0.25, -0.2) is 15.0 Å². The molecule has 0 bridgehead atoms. The van der Waals surface area contributed by atoms with Crippen LogP contribution in [0.2, 0.25) is 0 Å². The van der Waals surface area contributed by atoms with Crippen LogP contribution < -0.4 is 15.9 Å². The maximum atomic E-state index is 6.59. The van der Waals surface area contributed by atoms with Gasteiger partial charge >= 0.3 is 0 Å². The molecule has 3 aliphatic heterocycles. The minimum absolute atomic E-state index is 0.867. The molecule has 3 heterocycles. The summed E-state index contributed by atoms with van der Waals surface area (Å²) in [4.78, 5) is 22.0. The Morgan fingerprint density at radius 2 is 0.611 bits per heavy atom. The molecule has 0 saturated carbocycles. The molecule has 1 aromatic carbocycles. The highest BCUT2D eigenvalue weighted by atomic mass is 32.5. The topological polar surface area (TPSA) is 56.5 Å². The van der Waals surface area contributed by atoms with Crippen LogP contribution in [0.5, 0.6) is 0 Å². The Labute approximate surface area is 231 Å². The molecule has 3 aliphatic rings. The summed E-state index contributed by atoms with van der Waals surface area (Å²) in [7, 11) is 24.4. The highest BCUT2D eigenvalue weighted by Gasteiger charge is 2.54. The Morgan fingerprint density at radius 3 is 0.750 bits per heavy atom. The van der Waals surface area contributed by atoms with Crippen molar-refractivity contribution in [2.24, 2.45) is 15.0 Å². The highest BCUT2D eigenvalue weighted by Crippen LogP contribution is 2.68. The molecule has 0 saturated heterocycles. The van der Waals surface area contributed by atoms with Crippen molar-refractivity contribution in [3.63, 3.8) is 0 Å². The van der Waals surface area contributed by atoms with Crippen LogP contribution in [0.1, 0.15) is 0 Å². The summed E-state index contributed by atoms with van der Waals surface area (Å²) in [6.07, 6.45) is -7.46. The predicted molar refractivity (Wildman–Crippen MR) is 172 cm³/mol. The van der Waals surface area contributed by atoms with Crippen LogP contribution in [0.15, 0.2) is 15.0 Å². The zero-order valence-electron chi connectivity index (χ0n) is 23.1. The normalized spacial score (nSPS) is 28.2. The Kier molecular flexibility index (Phi) is 7.12. The Bertz CT molecular complexity index is 1220. The number of nitrogens with zero attached hydrogens (tertiary/aromatic N) is 9. The van der Waals surface area contributed by atoms with E-state index in [1.807, 2.05) is 84.6 Å². The van der Waals surface area contributed by atoms with Gasteiger partial charge in [-0.1, -0.05) is 35.4 Å². The second-order valence-corrected chi connectivity index (χ2v) is 23.4. The first kappa shape index (κ1) is 28.5. The number of hydrogen-bond acceptors (Lipinski definition) is 9. The lowest BCUT2D eigenvalue weighted by Crippen LogP contribution is -2.34. The molecular weight excluding hydrogens is 567 g/mol. The zero-order chi connectivity index (χ0) is 27.3. The van der Waals surface area contributed by atoms with Crippen molar-refractivity contribution in [2.75, 3.05) is 84.6 Å². The second kappa shape index (κ2) is 9.00. The lowest BCUT2D eigenvalue weighted by atomic mass is 10.2. The van der Waals surface area contributed by atoms with Crippen LogP contribution >= 0.6 is 18.6 Å². The number of hydrogen-bond donors (Lipinski definition) is 0. The number of rotatable bonds is 3. The summed E-state index contributed by atoms with van der Waals surface area (Å²) in [5.41, 5.74) is 5.26. The van der Waals surface area contributed by atoms with Gasteiger partial charge in [0.25, 0.3) is 0 Å². The summed E-state index contributed by atoms with van der Waals surface area (Å²) >= 11 is 19.8. The molecule has 4 rings (SSSR count). The van der Waals surface area contributed by atoms with Crippen molar-refractivity contribution >= 4 is 104 Å². The minimum atomic E-state index is -2.49. The van der Waals surface area contributed by atoms with Gasteiger partial charge in [0, 0.05) is 42.3 Å². The van der Waals surface area contributed by atoms with Crippen molar-refractivity contribution in [3.05, 3.63) is 0 Å². The van der Waals surface area contributed by atoms with Gasteiger partial charge in [-0.05, 0) is 42.3 Å². The molecule has 36 heavy (non-hydrogen) atoms. The van der Waals surface area contributed by atoms with E-state index < -0.39 is 18.6 Å². The maximum absolute atomic E-state index is 6.59. The van der Waals surface area contributed by atoms with Crippen LogP contribution in [-0.4, -0.2) is 130 Å². The first-order chi connectivity index (χ1) is 16.5. The number of amidine groups is 3. The fraction of sp³-hybridized carbons (Fsp3) is 0.571. The monoisotopic (exact) mass is 603 g/mol. The molecule has 0 fully saturated rings. The van der Waals surface area contributed by atoms with Gasteiger partial charge in [-0.15, -0.1) is 0 Å². The molecule has 0 amide bonds. The van der Waals surface area contributed by atoms with Crippen LogP contribution in [0, 0.1) is 0 Å². The Balaban J connectivity index is 2.32. The molecule has 0 aliphatic carbocycles. The third-order valence-electron chi connectivity index (χ3n) is 6.59. The Morgan fingerprint density at radius 1 is 0.417 bits per heavy atom. The van der Waals surface area contributed by atoms with E-state index in [4.69, 9.17) is 50.4 Å². The fourth-order valence-corrected chi connectivity index (χ4v) is 16.5. The van der Waals surface area contributed by atoms with Gasteiger partial charge in [0.15, 0.2) is 16.7 Å². The van der Waals surface area contributed by atoms with Gasteiger partial charge in [0.05, 0.1) is 33.0 Å². The standard InChI is InChI=1S/C21H36N9P3S3/c1-25(2)19-22-13-16(31(19,34)28(7)8)14-18(33(36,30(11)12)20(23-14)26(3)4)15-17(13)32(35,29(9)10)21(24-15)27(5)6/h1-12H3. The van der Waals surface area contributed by atoms with Gasteiger partial charge in [0.1, 0.15) is 18.6 Å². The van der Waals surface area contributed by atoms with E-state index in [0.29, 0.717) is 0 Å². The van der Waals surface area contributed by atoms with E-state index in [9.17, 15) is 0 Å². The highest BCUT2D eigenvalue weighted by molar-refractivity contribution is 8.27. The summed E-state index contributed by atoms with van der Waals surface area (Å²) < 4.78 is 6.47. The average molecular weight is 604 g/mol. The second-order valence-electron chi connectivity index (χ2n) is 10.3. The molecule has 1 aromatic rings. The number of aliphatic imine (C=N–C) groups is 3. The van der Waals surface area contributed by atoms with Crippen LogP contribution in [0.4, 0.5) is 17.1 Å². The molecular formula is C21H36N9P3S3. The van der Waals surface area contributed by atoms with E-state index in [2.05, 4.69) is 28.7 Å².